The molecule has 1 saturated carbocycles. The van der Waals surface area contributed by atoms with Crippen LogP contribution in [0.5, 0.6) is 0 Å². The van der Waals surface area contributed by atoms with Gasteiger partial charge in [-0.15, -0.1) is 10.2 Å². The van der Waals surface area contributed by atoms with Crippen molar-refractivity contribution in [3.8, 4) is 0 Å². The molecule has 6 nitrogen and oxygen atoms in total. The smallest absolute Gasteiger partial charge is 0.312 e. The second kappa shape index (κ2) is 5.91. The Labute approximate surface area is 118 Å². The van der Waals surface area contributed by atoms with E-state index in [1.54, 1.807) is 13.8 Å². The maximum absolute atomic E-state index is 12.5. The van der Waals surface area contributed by atoms with Gasteiger partial charge in [0, 0.05) is 6.92 Å². The Hall–Kier alpha value is -1.43. The summed E-state index contributed by atoms with van der Waals surface area (Å²) in [5.74, 6) is 0.544. The Bertz CT molecular complexity index is 463. The minimum Gasteiger partial charge on any atom is -0.452 e. The molecule has 1 aliphatic rings. The molecular formula is C14H22N2O4. The summed E-state index contributed by atoms with van der Waals surface area (Å²) in [5, 5.41) is 17.2. The van der Waals surface area contributed by atoms with Crippen LogP contribution in [0.2, 0.25) is 0 Å². The van der Waals surface area contributed by atoms with Crippen LogP contribution < -0.4 is 0 Å². The summed E-state index contributed by atoms with van der Waals surface area (Å²) in [5.41, 5.74) is -0.484. The van der Waals surface area contributed by atoms with E-state index >= 15 is 0 Å². The molecule has 0 spiro atoms. The Kier molecular flexibility index (Phi) is 4.42. The van der Waals surface area contributed by atoms with Crippen LogP contribution in [0, 0.1) is 12.3 Å². The van der Waals surface area contributed by atoms with Gasteiger partial charge in [0.1, 0.15) is 0 Å². The SMILES string of the molecule is CCC1(C(=O)OC(C)c2nnc(C)o2)CCC(O)CC1. The maximum atomic E-state index is 12.5. The van der Waals surface area contributed by atoms with Gasteiger partial charge in [-0.1, -0.05) is 6.92 Å². The van der Waals surface area contributed by atoms with Crippen molar-refractivity contribution in [3.63, 3.8) is 0 Å². The number of aryl methyl sites for hydroxylation is 1. The Morgan fingerprint density at radius 2 is 2.15 bits per heavy atom. The number of carbonyl (C=O) groups is 1. The van der Waals surface area contributed by atoms with Crippen molar-refractivity contribution >= 4 is 5.97 Å². The molecule has 112 valence electrons. The fourth-order valence-corrected chi connectivity index (χ4v) is 2.67. The average Bonchev–Trinajstić information content (AvgIpc) is 2.86. The van der Waals surface area contributed by atoms with Crippen LogP contribution in [0.3, 0.4) is 0 Å². The van der Waals surface area contributed by atoms with Crippen LogP contribution in [-0.4, -0.2) is 27.4 Å². The first-order valence-corrected chi connectivity index (χ1v) is 7.16. The topological polar surface area (TPSA) is 85.5 Å². The van der Waals surface area contributed by atoms with Crippen molar-refractivity contribution < 1.29 is 19.1 Å². The van der Waals surface area contributed by atoms with E-state index in [2.05, 4.69) is 10.2 Å². The number of hydrogen-bond donors (Lipinski definition) is 1. The second-order valence-electron chi connectivity index (χ2n) is 5.57. The van der Waals surface area contributed by atoms with Gasteiger partial charge < -0.3 is 14.3 Å². The van der Waals surface area contributed by atoms with E-state index in [-0.39, 0.29) is 12.1 Å². The molecule has 1 aromatic heterocycles. The molecule has 0 saturated heterocycles. The first-order chi connectivity index (χ1) is 9.47. The highest BCUT2D eigenvalue weighted by atomic mass is 16.6. The van der Waals surface area contributed by atoms with Gasteiger partial charge in [-0.3, -0.25) is 4.79 Å². The molecule has 1 aromatic rings. The molecule has 0 amide bonds. The first kappa shape index (κ1) is 15.0. The molecule has 1 fully saturated rings. The van der Waals surface area contributed by atoms with Crippen LogP contribution in [0.25, 0.3) is 0 Å². The van der Waals surface area contributed by atoms with Crippen molar-refractivity contribution in [3.05, 3.63) is 11.8 Å². The number of aromatic nitrogens is 2. The van der Waals surface area contributed by atoms with Gasteiger partial charge in [0.15, 0.2) is 6.10 Å². The summed E-state index contributed by atoms with van der Waals surface area (Å²) in [4.78, 5) is 12.5. The normalized spacial score (nSPS) is 28.1. The van der Waals surface area contributed by atoms with Crippen molar-refractivity contribution in [2.45, 2.75) is 65.1 Å². The highest BCUT2D eigenvalue weighted by Gasteiger charge is 2.42. The second-order valence-corrected chi connectivity index (χ2v) is 5.57. The zero-order valence-electron chi connectivity index (χ0n) is 12.3. The molecule has 20 heavy (non-hydrogen) atoms. The zero-order valence-corrected chi connectivity index (χ0v) is 12.3. The molecule has 1 unspecified atom stereocenters. The standard InChI is InChI=1S/C14H22N2O4/c1-4-14(7-5-11(17)6-8-14)13(18)19-9(2)12-16-15-10(3)20-12/h9,11,17H,4-8H2,1-3H3. The minimum absolute atomic E-state index is 0.227. The number of ether oxygens (including phenoxy) is 1. The van der Waals surface area contributed by atoms with E-state index in [9.17, 15) is 9.90 Å². The van der Waals surface area contributed by atoms with Gasteiger partial charge in [0.05, 0.1) is 11.5 Å². The van der Waals surface area contributed by atoms with Crippen molar-refractivity contribution in [1.82, 2.24) is 10.2 Å². The number of esters is 1. The average molecular weight is 282 g/mol. The summed E-state index contributed by atoms with van der Waals surface area (Å²) in [7, 11) is 0. The molecule has 1 atom stereocenters. The third-order valence-electron chi connectivity index (χ3n) is 4.20. The quantitative estimate of drug-likeness (QED) is 0.853. The predicted molar refractivity (Wildman–Crippen MR) is 70.7 cm³/mol. The number of hydrogen-bond acceptors (Lipinski definition) is 6. The number of nitrogens with zero attached hydrogens (tertiary/aromatic N) is 2. The Morgan fingerprint density at radius 1 is 1.50 bits per heavy atom. The molecule has 6 heteroatoms. The summed E-state index contributed by atoms with van der Waals surface area (Å²) < 4.78 is 10.8. The van der Waals surface area contributed by atoms with Crippen LogP contribution in [-0.2, 0) is 9.53 Å². The lowest BCUT2D eigenvalue weighted by molar-refractivity contribution is -0.166. The maximum Gasteiger partial charge on any atom is 0.312 e. The highest BCUT2D eigenvalue weighted by Crippen LogP contribution is 2.41. The van der Waals surface area contributed by atoms with Gasteiger partial charge >= 0.3 is 5.97 Å². The van der Waals surface area contributed by atoms with E-state index in [1.165, 1.54) is 0 Å². The molecule has 0 bridgehead atoms. The Morgan fingerprint density at radius 3 is 2.65 bits per heavy atom. The molecule has 0 aliphatic heterocycles. The van der Waals surface area contributed by atoms with Crippen molar-refractivity contribution in [1.29, 1.82) is 0 Å². The largest absolute Gasteiger partial charge is 0.452 e. The monoisotopic (exact) mass is 282 g/mol. The van der Waals surface area contributed by atoms with Crippen molar-refractivity contribution in [2.24, 2.45) is 5.41 Å². The highest BCUT2D eigenvalue weighted by molar-refractivity contribution is 5.77. The van der Waals surface area contributed by atoms with Crippen molar-refractivity contribution in [2.75, 3.05) is 0 Å². The lowest BCUT2D eigenvalue weighted by Gasteiger charge is -2.36. The van der Waals surface area contributed by atoms with Crippen LogP contribution in [0.4, 0.5) is 0 Å². The third kappa shape index (κ3) is 3.00. The molecule has 1 aliphatic carbocycles. The van der Waals surface area contributed by atoms with E-state index in [0.717, 1.165) is 0 Å². The number of rotatable bonds is 4. The van der Waals surface area contributed by atoms with E-state index in [4.69, 9.17) is 9.15 Å². The van der Waals surface area contributed by atoms with Gasteiger partial charge in [-0.05, 0) is 39.0 Å². The third-order valence-corrected chi connectivity index (χ3v) is 4.20. The van der Waals surface area contributed by atoms with Gasteiger partial charge in [-0.25, -0.2) is 0 Å². The molecule has 1 N–H and O–H groups in total. The van der Waals surface area contributed by atoms with E-state index in [0.29, 0.717) is 43.9 Å². The number of carbonyl (C=O) groups excluding carboxylic acids is 1. The fourth-order valence-electron chi connectivity index (χ4n) is 2.67. The van der Waals surface area contributed by atoms with Crippen LogP contribution in [0.15, 0.2) is 4.42 Å². The molecule has 0 radical (unpaired) electrons. The van der Waals surface area contributed by atoms with Crippen LogP contribution >= 0.6 is 0 Å². The Balaban J connectivity index is 2.02. The van der Waals surface area contributed by atoms with Crippen LogP contribution in [0.1, 0.15) is 63.8 Å². The van der Waals surface area contributed by atoms with Gasteiger partial charge in [0.25, 0.3) is 5.89 Å². The number of aliphatic hydroxyl groups is 1. The minimum atomic E-state index is -0.543. The van der Waals surface area contributed by atoms with Gasteiger partial charge in [-0.2, -0.15) is 0 Å². The zero-order chi connectivity index (χ0) is 14.8. The van der Waals surface area contributed by atoms with E-state index in [1.807, 2.05) is 6.92 Å². The lowest BCUT2D eigenvalue weighted by Crippen LogP contribution is -2.38. The summed E-state index contributed by atoms with van der Waals surface area (Å²) in [6.45, 7) is 5.41. The molecule has 2 rings (SSSR count). The summed E-state index contributed by atoms with van der Waals surface area (Å²) in [6, 6.07) is 0. The number of aliphatic hydroxyl groups excluding tert-OH is 1. The predicted octanol–water partition coefficient (Wildman–Crippen LogP) is 2.31. The molecular weight excluding hydrogens is 260 g/mol. The fraction of sp³-hybridized carbons (Fsp3) is 0.786. The summed E-state index contributed by atoms with van der Waals surface area (Å²) in [6.07, 6.45) is 2.51. The van der Waals surface area contributed by atoms with Gasteiger partial charge in [0.2, 0.25) is 5.89 Å². The first-order valence-electron chi connectivity index (χ1n) is 7.16. The lowest BCUT2D eigenvalue weighted by atomic mass is 9.71. The molecule has 0 aromatic carbocycles. The summed E-state index contributed by atoms with van der Waals surface area (Å²) >= 11 is 0. The molecule has 1 heterocycles. The van der Waals surface area contributed by atoms with E-state index < -0.39 is 11.5 Å².